The molecular weight excluding hydrogens is 323 g/mol. The second kappa shape index (κ2) is 10.6. The summed E-state index contributed by atoms with van der Waals surface area (Å²) in [4.78, 5) is 20.0. The summed E-state index contributed by atoms with van der Waals surface area (Å²) in [6.45, 7) is 9.44. The van der Waals surface area contributed by atoms with Crippen molar-refractivity contribution in [3.05, 3.63) is 0 Å². The Balaban J connectivity index is 0. The zero-order chi connectivity index (χ0) is 18.1. The first-order chi connectivity index (χ1) is 9.73. The van der Waals surface area contributed by atoms with E-state index >= 15 is 0 Å². The van der Waals surface area contributed by atoms with E-state index in [1.54, 1.807) is 0 Å². The Hall–Kier alpha value is -0.150. The third kappa shape index (κ3) is 12.4. The van der Waals surface area contributed by atoms with Crippen LogP contribution in [0.3, 0.4) is 0 Å². The predicted octanol–water partition coefficient (Wildman–Crippen LogP) is 1.98. The molecule has 0 bridgehead atoms. The molecule has 9 heteroatoms. The number of hydrogen-bond acceptors (Lipinski definition) is 4. The van der Waals surface area contributed by atoms with Gasteiger partial charge in [-0.1, -0.05) is 0 Å². The fourth-order valence-electron chi connectivity index (χ4n) is 1.42. The summed E-state index contributed by atoms with van der Waals surface area (Å²) in [5, 5.41) is 13.9. The number of hydrogen-bond donors (Lipinski definition) is 3. The Kier molecular flexibility index (Phi) is 11.6. The summed E-state index contributed by atoms with van der Waals surface area (Å²) in [7, 11) is -4.84. The molecule has 0 aliphatic heterocycles. The molecule has 0 radical (unpaired) electrons. The van der Waals surface area contributed by atoms with Gasteiger partial charge in [0.15, 0.2) is 5.25 Å². The van der Waals surface area contributed by atoms with Gasteiger partial charge in [-0.3, -0.25) is 14.1 Å². The van der Waals surface area contributed by atoms with Crippen LogP contribution in [0.25, 0.3) is 0 Å². The maximum atomic E-state index is 10.2. The largest absolute Gasteiger partial charge is 0.481 e. The van der Waals surface area contributed by atoms with Crippen molar-refractivity contribution < 1.29 is 32.8 Å². The van der Waals surface area contributed by atoms with Crippen LogP contribution in [0, 0.1) is 5.92 Å². The molecule has 126 valence electrons. The van der Waals surface area contributed by atoms with Gasteiger partial charge in [0.2, 0.25) is 0 Å². The van der Waals surface area contributed by atoms with Crippen molar-refractivity contribution in [2.24, 2.45) is 5.92 Å². The number of aliphatic carboxylic acids is 2. The molecule has 3 N–H and O–H groups in total. The summed E-state index contributed by atoms with van der Waals surface area (Å²) in [6, 6.07) is 0. The number of carbonyl (C=O) groups is 2. The molecule has 0 spiro atoms. The maximum absolute atomic E-state index is 10.2. The van der Waals surface area contributed by atoms with E-state index < -0.39 is 33.7 Å². The molecule has 0 aromatic heterocycles. The van der Waals surface area contributed by atoms with Gasteiger partial charge in [-0.15, -0.1) is 0 Å². The molecule has 0 aromatic carbocycles. The molecular formula is C13H25NaO7S. The van der Waals surface area contributed by atoms with Crippen LogP contribution in [0.1, 0.15) is 53.4 Å². The second-order valence-corrected chi connectivity index (χ2v) is 10.5. The normalized spacial score (nSPS) is 14.5. The SMILES string of the molecule is CCCCC(C)[C](C)(C)[Na].O=C(O)CC(C(=O)O)S(=O)(=O)O. The molecule has 0 aromatic rings. The van der Waals surface area contributed by atoms with E-state index in [0.717, 1.165) is 5.92 Å². The Morgan fingerprint density at radius 3 is 1.86 bits per heavy atom. The molecule has 2 unspecified atom stereocenters. The third-order valence-corrected chi connectivity index (χ3v) is 5.54. The first-order valence-corrected chi connectivity index (χ1v) is 9.64. The smallest absolute Gasteiger partial charge is 0.325 e. The molecule has 22 heavy (non-hydrogen) atoms. The molecule has 0 aliphatic rings. The van der Waals surface area contributed by atoms with Crippen molar-refractivity contribution in [3.8, 4) is 0 Å². The molecule has 2 atom stereocenters. The van der Waals surface area contributed by atoms with Crippen LogP contribution in [-0.4, -0.2) is 68.3 Å². The van der Waals surface area contributed by atoms with Gasteiger partial charge in [-0.05, 0) is 0 Å². The zero-order valence-electron chi connectivity index (χ0n) is 13.9. The fourth-order valence-corrected chi connectivity index (χ4v) is 2.32. The Morgan fingerprint density at radius 2 is 1.68 bits per heavy atom. The molecule has 0 saturated carbocycles. The number of carboxylic acids is 2. The predicted molar refractivity (Wildman–Crippen MR) is 83.7 cm³/mol. The summed E-state index contributed by atoms with van der Waals surface area (Å²) in [5.41, 5.74) is 0. The third-order valence-electron chi connectivity index (χ3n) is 3.46. The van der Waals surface area contributed by atoms with Crippen LogP contribution in [0.15, 0.2) is 0 Å². The van der Waals surface area contributed by atoms with Crippen molar-refractivity contribution in [1.82, 2.24) is 0 Å². The number of unbranched alkanes of at least 4 members (excludes halogenated alkanes) is 1. The van der Waals surface area contributed by atoms with Gasteiger partial charge in [-0.2, -0.15) is 8.42 Å². The van der Waals surface area contributed by atoms with Gasteiger partial charge >= 0.3 is 95.4 Å². The van der Waals surface area contributed by atoms with Crippen molar-refractivity contribution >= 4 is 50.0 Å². The summed E-state index contributed by atoms with van der Waals surface area (Å²) in [5.74, 6) is -2.57. The molecule has 0 rings (SSSR count). The first kappa shape index (κ1) is 24.1. The van der Waals surface area contributed by atoms with Gasteiger partial charge in [0.05, 0.1) is 6.42 Å². The van der Waals surface area contributed by atoms with Gasteiger partial charge in [0, 0.05) is 0 Å². The molecule has 0 fully saturated rings. The topological polar surface area (TPSA) is 129 Å². The van der Waals surface area contributed by atoms with Crippen molar-refractivity contribution in [2.75, 3.05) is 0 Å². The van der Waals surface area contributed by atoms with Crippen molar-refractivity contribution in [3.63, 3.8) is 0 Å². The monoisotopic (exact) mass is 348 g/mol. The van der Waals surface area contributed by atoms with Crippen LogP contribution in [0.4, 0.5) is 0 Å². The quantitative estimate of drug-likeness (QED) is 0.452. The summed E-state index contributed by atoms with van der Waals surface area (Å²) < 4.78 is 29.3. The van der Waals surface area contributed by atoms with E-state index in [-0.39, 0.29) is 0 Å². The van der Waals surface area contributed by atoms with Gasteiger partial charge in [0.25, 0.3) is 10.1 Å². The number of rotatable bonds is 8. The Bertz CT molecular complexity index is 453. The first-order valence-electron chi connectivity index (χ1n) is 7.14. The molecule has 0 aliphatic carbocycles. The van der Waals surface area contributed by atoms with Crippen LogP contribution in [-0.2, 0) is 19.7 Å². The number of carboxylic acid groups (broad SMARTS) is 2. The average molecular weight is 348 g/mol. The fraction of sp³-hybridized carbons (Fsp3) is 0.846. The zero-order valence-corrected chi connectivity index (χ0v) is 16.7. The Labute approximate surface area is 149 Å². The molecule has 0 amide bonds. The van der Waals surface area contributed by atoms with Crippen LogP contribution in [0.5, 0.6) is 0 Å². The van der Waals surface area contributed by atoms with E-state index in [1.807, 2.05) is 0 Å². The van der Waals surface area contributed by atoms with Gasteiger partial charge < -0.3 is 10.2 Å². The van der Waals surface area contributed by atoms with Gasteiger partial charge in [0.1, 0.15) is 0 Å². The van der Waals surface area contributed by atoms with E-state index in [0.29, 0.717) is 2.66 Å². The summed E-state index contributed by atoms with van der Waals surface area (Å²) >= 11 is 1.33. The van der Waals surface area contributed by atoms with E-state index in [4.69, 9.17) is 14.8 Å². The summed E-state index contributed by atoms with van der Waals surface area (Å²) in [6.07, 6.45) is 3.02. The van der Waals surface area contributed by atoms with Crippen LogP contribution in [0.2, 0.25) is 2.66 Å². The van der Waals surface area contributed by atoms with Gasteiger partial charge in [-0.25, -0.2) is 0 Å². The molecule has 0 saturated heterocycles. The molecule has 7 nitrogen and oxygen atoms in total. The minimum absolute atomic E-state index is 0.648. The van der Waals surface area contributed by atoms with Crippen molar-refractivity contribution in [2.45, 2.75) is 61.3 Å². The van der Waals surface area contributed by atoms with Crippen LogP contribution >= 0.6 is 0 Å². The van der Waals surface area contributed by atoms with E-state index in [9.17, 15) is 18.0 Å². The van der Waals surface area contributed by atoms with Crippen LogP contribution < -0.4 is 0 Å². The minimum atomic E-state index is -4.84. The second-order valence-electron chi connectivity index (χ2n) is 6.35. The van der Waals surface area contributed by atoms with E-state index in [1.165, 1.54) is 47.2 Å². The maximum Gasteiger partial charge on any atom is 0.325 e. The van der Waals surface area contributed by atoms with E-state index in [2.05, 4.69) is 27.7 Å². The average Bonchev–Trinajstić information content (AvgIpc) is 2.30. The van der Waals surface area contributed by atoms with Crippen molar-refractivity contribution in [1.29, 1.82) is 0 Å². The minimum Gasteiger partial charge on any atom is -0.481 e. The Morgan fingerprint density at radius 1 is 1.23 bits per heavy atom. The standard InChI is InChI=1S/C9H19.C4H6O7S.Na/c1-5-6-7-9(4)8(2)3;5-3(6)1-2(4(7)8)12(9,10)11;/h9H,5-7H2,1-4H3;2H,1H2,(H,5,6)(H,7,8)(H,9,10,11);. The molecule has 0 heterocycles.